The standard InChI is InChI=1S/C9H13N3/c1-7-4-5-12-8(6-10-2)9(7)11-3/h4-6,11H,1-3H3/b10-6-. The van der Waals surface area contributed by atoms with E-state index in [1.165, 1.54) is 5.56 Å². The van der Waals surface area contributed by atoms with Crippen molar-refractivity contribution in [2.75, 3.05) is 19.4 Å². The van der Waals surface area contributed by atoms with Gasteiger partial charge in [0.25, 0.3) is 0 Å². The van der Waals surface area contributed by atoms with Crippen LogP contribution in [-0.4, -0.2) is 25.3 Å². The van der Waals surface area contributed by atoms with E-state index < -0.39 is 0 Å². The first-order valence-corrected chi connectivity index (χ1v) is 3.85. The normalized spacial score (nSPS) is 10.6. The number of aliphatic imine (C=N–C) groups is 1. The third-order valence-electron chi connectivity index (χ3n) is 1.69. The highest BCUT2D eigenvalue weighted by atomic mass is 14.9. The van der Waals surface area contributed by atoms with Crippen LogP contribution >= 0.6 is 0 Å². The van der Waals surface area contributed by atoms with Gasteiger partial charge in [0.2, 0.25) is 0 Å². The smallest absolute Gasteiger partial charge is 0.104 e. The average molecular weight is 163 g/mol. The van der Waals surface area contributed by atoms with Crippen LogP contribution in [0.5, 0.6) is 0 Å². The molecule has 1 aromatic heterocycles. The molecule has 0 aromatic carbocycles. The Hall–Kier alpha value is -1.38. The third-order valence-corrected chi connectivity index (χ3v) is 1.69. The number of hydrogen-bond donors (Lipinski definition) is 1. The summed E-state index contributed by atoms with van der Waals surface area (Å²) in [4.78, 5) is 8.12. The SMILES string of the molecule is C/N=C\c1nccc(C)c1NC. The first-order valence-electron chi connectivity index (χ1n) is 3.85. The molecule has 1 N–H and O–H groups in total. The Kier molecular flexibility index (Phi) is 2.80. The molecule has 1 heterocycles. The maximum Gasteiger partial charge on any atom is 0.104 e. The van der Waals surface area contributed by atoms with Gasteiger partial charge in [0.05, 0.1) is 5.69 Å². The molecule has 0 fully saturated rings. The van der Waals surface area contributed by atoms with Gasteiger partial charge < -0.3 is 5.32 Å². The van der Waals surface area contributed by atoms with Gasteiger partial charge in [-0.3, -0.25) is 9.98 Å². The minimum absolute atomic E-state index is 0.889. The van der Waals surface area contributed by atoms with E-state index in [-0.39, 0.29) is 0 Å². The van der Waals surface area contributed by atoms with Crippen molar-refractivity contribution in [3.8, 4) is 0 Å². The number of aryl methyl sites for hydroxylation is 1. The Labute approximate surface area is 72.6 Å². The van der Waals surface area contributed by atoms with Gasteiger partial charge in [0.15, 0.2) is 0 Å². The molecule has 0 aliphatic heterocycles. The second kappa shape index (κ2) is 3.85. The molecular formula is C9H13N3. The molecule has 0 saturated heterocycles. The van der Waals surface area contributed by atoms with E-state index in [2.05, 4.69) is 15.3 Å². The fourth-order valence-electron chi connectivity index (χ4n) is 1.12. The van der Waals surface area contributed by atoms with Crippen molar-refractivity contribution in [2.45, 2.75) is 6.92 Å². The van der Waals surface area contributed by atoms with Crippen molar-refractivity contribution < 1.29 is 0 Å². The highest BCUT2D eigenvalue weighted by molar-refractivity contribution is 5.86. The molecule has 0 spiro atoms. The number of hydrogen-bond acceptors (Lipinski definition) is 3. The highest BCUT2D eigenvalue weighted by Gasteiger charge is 2.01. The van der Waals surface area contributed by atoms with Crippen LogP contribution in [0.1, 0.15) is 11.3 Å². The lowest BCUT2D eigenvalue weighted by Gasteiger charge is -2.06. The second-order valence-corrected chi connectivity index (χ2v) is 2.53. The molecule has 0 bridgehead atoms. The van der Waals surface area contributed by atoms with Gasteiger partial charge in [-0.2, -0.15) is 0 Å². The average Bonchev–Trinajstić information content (AvgIpc) is 2.05. The van der Waals surface area contributed by atoms with E-state index in [1.807, 2.05) is 20.0 Å². The number of pyridine rings is 1. The Bertz CT molecular complexity index is 292. The summed E-state index contributed by atoms with van der Waals surface area (Å²) < 4.78 is 0. The molecular weight excluding hydrogens is 150 g/mol. The second-order valence-electron chi connectivity index (χ2n) is 2.53. The lowest BCUT2D eigenvalue weighted by molar-refractivity contribution is 1.24. The Morgan fingerprint density at radius 3 is 2.92 bits per heavy atom. The number of nitrogens with one attached hydrogen (secondary N) is 1. The van der Waals surface area contributed by atoms with Crippen molar-refractivity contribution in [1.82, 2.24) is 4.98 Å². The van der Waals surface area contributed by atoms with Gasteiger partial charge in [-0.15, -0.1) is 0 Å². The lowest BCUT2D eigenvalue weighted by atomic mass is 10.2. The molecule has 64 valence electrons. The van der Waals surface area contributed by atoms with E-state index >= 15 is 0 Å². The summed E-state index contributed by atoms with van der Waals surface area (Å²) in [5.41, 5.74) is 3.12. The zero-order valence-corrected chi connectivity index (χ0v) is 7.63. The van der Waals surface area contributed by atoms with Gasteiger partial charge in [0.1, 0.15) is 5.69 Å². The zero-order valence-electron chi connectivity index (χ0n) is 7.63. The summed E-state index contributed by atoms with van der Waals surface area (Å²) in [5, 5.41) is 3.09. The number of anilines is 1. The molecule has 0 unspecified atom stereocenters. The molecule has 12 heavy (non-hydrogen) atoms. The van der Waals surface area contributed by atoms with Crippen molar-refractivity contribution in [2.24, 2.45) is 4.99 Å². The van der Waals surface area contributed by atoms with Crippen molar-refractivity contribution in [1.29, 1.82) is 0 Å². The van der Waals surface area contributed by atoms with Gasteiger partial charge in [-0.25, -0.2) is 0 Å². The zero-order chi connectivity index (χ0) is 8.97. The number of rotatable bonds is 2. The number of nitrogens with zero attached hydrogens (tertiary/aromatic N) is 2. The van der Waals surface area contributed by atoms with Gasteiger partial charge in [-0.05, 0) is 18.6 Å². The maximum atomic E-state index is 4.19. The molecule has 3 heteroatoms. The van der Waals surface area contributed by atoms with Crippen molar-refractivity contribution >= 4 is 11.9 Å². The molecule has 0 aliphatic rings. The highest BCUT2D eigenvalue weighted by Crippen LogP contribution is 2.15. The first kappa shape index (κ1) is 8.71. The molecule has 0 saturated carbocycles. The number of aromatic nitrogens is 1. The largest absolute Gasteiger partial charge is 0.386 e. The van der Waals surface area contributed by atoms with Crippen LogP contribution < -0.4 is 5.32 Å². The minimum Gasteiger partial charge on any atom is -0.386 e. The lowest BCUT2D eigenvalue weighted by Crippen LogP contribution is -1.99. The fraction of sp³-hybridized carbons (Fsp3) is 0.333. The third kappa shape index (κ3) is 1.61. The minimum atomic E-state index is 0.889. The predicted molar refractivity (Wildman–Crippen MR) is 52.0 cm³/mol. The Balaban J connectivity index is 3.18. The Morgan fingerprint density at radius 2 is 2.33 bits per heavy atom. The van der Waals surface area contributed by atoms with E-state index in [4.69, 9.17) is 0 Å². The Morgan fingerprint density at radius 1 is 1.58 bits per heavy atom. The van der Waals surface area contributed by atoms with Gasteiger partial charge in [0, 0.05) is 26.5 Å². The topological polar surface area (TPSA) is 37.3 Å². The van der Waals surface area contributed by atoms with Crippen LogP contribution in [0, 0.1) is 6.92 Å². The summed E-state index contributed by atoms with van der Waals surface area (Å²) in [6, 6.07) is 1.97. The van der Waals surface area contributed by atoms with Crippen LogP contribution in [0.15, 0.2) is 17.3 Å². The summed E-state index contributed by atoms with van der Waals surface area (Å²) in [5.74, 6) is 0. The van der Waals surface area contributed by atoms with Crippen molar-refractivity contribution in [3.05, 3.63) is 23.5 Å². The fourth-order valence-corrected chi connectivity index (χ4v) is 1.12. The van der Waals surface area contributed by atoms with Gasteiger partial charge >= 0.3 is 0 Å². The molecule has 0 aliphatic carbocycles. The maximum absolute atomic E-state index is 4.19. The molecule has 0 amide bonds. The van der Waals surface area contributed by atoms with Crippen LogP contribution in [0.2, 0.25) is 0 Å². The predicted octanol–water partition coefficient (Wildman–Crippen LogP) is 1.48. The molecule has 0 atom stereocenters. The summed E-state index contributed by atoms with van der Waals surface area (Å²) >= 11 is 0. The quantitative estimate of drug-likeness (QED) is 0.670. The molecule has 1 rings (SSSR count). The first-order chi connectivity index (χ1) is 5.79. The van der Waals surface area contributed by atoms with Crippen LogP contribution in [0.3, 0.4) is 0 Å². The molecule has 0 radical (unpaired) electrons. The molecule has 1 aromatic rings. The van der Waals surface area contributed by atoms with E-state index in [0.29, 0.717) is 0 Å². The summed E-state index contributed by atoms with van der Waals surface area (Å²) in [6.07, 6.45) is 3.53. The van der Waals surface area contributed by atoms with E-state index in [1.54, 1.807) is 19.5 Å². The van der Waals surface area contributed by atoms with Crippen LogP contribution in [0.4, 0.5) is 5.69 Å². The summed E-state index contributed by atoms with van der Waals surface area (Å²) in [7, 11) is 3.63. The van der Waals surface area contributed by atoms with Gasteiger partial charge in [-0.1, -0.05) is 0 Å². The van der Waals surface area contributed by atoms with E-state index in [0.717, 1.165) is 11.4 Å². The summed E-state index contributed by atoms with van der Waals surface area (Å²) in [6.45, 7) is 2.04. The van der Waals surface area contributed by atoms with Crippen molar-refractivity contribution in [3.63, 3.8) is 0 Å². The van der Waals surface area contributed by atoms with Crippen LogP contribution in [-0.2, 0) is 0 Å². The van der Waals surface area contributed by atoms with E-state index in [9.17, 15) is 0 Å². The molecule has 3 nitrogen and oxygen atoms in total. The monoisotopic (exact) mass is 163 g/mol. The van der Waals surface area contributed by atoms with Crippen LogP contribution in [0.25, 0.3) is 0 Å².